The summed E-state index contributed by atoms with van der Waals surface area (Å²) in [5.74, 6) is 0.731. The van der Waals surface area contributed by atoms with E-state index in [4.69, 9.17) is 9.69 Å². The van der Waals surface area contributed by atoms with E-state index in [2.05, 4.69) is 33.9 Å². The third-order valence-electron chi connectivity index (χ3n) is 2.49. The fourth-order valence-corrected chi connectivity index (χ4v) is 1.85. The maximum absolute atomic E-state index is 8.45. The molecule has 0 bridgehead atoms. The summed E-state index contributed by atoms with van der Waals surface area (Å²) in [4.78, 5) is 0. The standard InChI is InChI=1S/C10H19NOSi/c1-9(7-8-11)12-13(5,6)10(2,3)4/h7H,1-6H3. The molecule has 0 unspecified atom stereocenters. The van der Waals surface area contributed by atoms with Gasteiger partial charge in [0, 0.05) is 0 Å². The van der Waals surface area contributed by atoms with Gasteiger partial charge in [0.05, 0.1) is 17.9 Å². The van der Waals surface area contributed by atoms with Crippen LogP contribution in [0.15, 0.2) is 11.8 Å². The number of rotatable bonds is 2. The minimum Gasteiger partial charge on any atom is -0.546 e. The molecule has 0 radical (unpaired) electrons. The first kappa shape index (κ1) is 12.2. The second kappa shape index (κ2) is 3.97. The Bertz CT molecular complexity index is 243. The van der Waals surface area contributed by atoms with Gasteiger partial charge in [0.1, 0.15) is 0 Å². The van der Waals surface area contributed by atoms with Gasteiger partial charge in [-0.25, -0.2) is 0 Å². The Balaban J connectivity index is 4.54. The van der Waals surface area contributed by atoms with Crippen LogP contribution in [0.1, 0.15) is 27.7 Å². The molecule has 0 aromatic heterocycles. The molecule has 0 fully saturated rings. The van der Waals surface area contributed by atoms with Crippen LogP contribution in [0.2, 0.25) is 18.1 Å². The number of allylic oxidation sites excluding steroid dienone is 2. The predicted molar refractivity (Wildman–Crippen MR) is 57.7 cm³/mol. The molecule has 0 amide bonds. The Hall–Kier alpha value is -0.753. The second-order valence-electron chi connectivity index (χ2n) is 4.75. The van der Waals surface area contributed by atoms with Crippen LogP contribution in [0.5, 0.6) is 0 Å². The van der Waals surface area contributed by atoms with Crippen LogP contribution in [-0.4, -0.2) is 8.32 Å². The summed E-state index contributed by atoms with van der Waals surface area (Å²) in [5.41, 5.74) is 0. The highest BCUT2D eigenvalue weighted by Gasteiger charge is 2.38. The summed E-state index contributed by atoms with van der Waals surface area (Å²) in [5, 5.41) is 8.64. The zero-order valence-corrected chi connectivity index (χ0v) is 10.4. The lowest BCUT2D eigenvalue weighted by Gasteiger charge is -2.36. The molecular weight excluding hydrogens is 178 g/mol. The topological polar surface area (TPSA) is 33.0 Å². The van der Waals surface area contributed by atoms with Crippen molar-refractivity contribution in [3.63, 3.8) is 0 Å². The first-order chi connectivity index (χ1) is 5.70. The van der Waals surface area contributed by atoms with Gasteiger partial charge in [-0.05, 0) is 25.1 Å². The van der Waals surface area contributed by atoms with Crippen molar-refractivity contribution in [1.29, 1.82) is 5.26 Å². The van der Waals surface area contributed by atoms with Crippen LogP contribution in [0, 0.1) is 11.3 Å². The monoisotopic (exact) mass is 197 g/mol. The van der Waals surface area contributed by atoms with E-state index in [0.717, 1.165) is 5.76 Å². The molecule has 0 heterocycles. The van der Waals surface area contributed by atoms with Crippen molar-refractivity contribution in [3.8, 4) is 6.07 Å². The minimum atomic E-state index is -1.72. The third kappa shape index (κ3) is 3.64. The predicted octanol–water partition coefficient (Wildman–Crippen LogP) is 3.44. The van der Waals surface area contributed by atoms with Gasteiger partial charge in [0.25, 0.3) is 0 Å². The summed E-state index contributed by atoms with van der Waals surface area (Å²) >= 11 is 0. The summed E-state index contributed by atoms with van der Waals surface area (Å²) in [6.07, 6.45) is 1.46. The van der Waals surface area contributed by atoms with E-state index in [9.17, 15) is 0 Å². The van der Waals surface area contributed by atoms with Crippen LogP contribution < -0.4 is 0 Å². The Morgan fingerprint density at radius 2 is 1.85 bits per heavy atom. The molecule has 3 heteroatoms. The van der Waals surface area contributed by atoms with Gasteiger partial charge < -0.3 is 4.43 Å². The van der Waals surface area contributed by atoms with Gasteiger partial charge in [-0.2, -0.15) is 5.26 Å². The van der Waals surface area contributed by atoms with Crippen molar-refractivity contribution < 1.29 is 4.43 Å². The SMILES string of the molecule is CC(=CC#N)O[Si](C)(C)C(C)(C)C. The molecule has 0 N–H and O–H groups in total. The van der Waals surface area contributed by atoms with Gasteiger partial charge in [-0.3, -0.25) is 0 Å². The molecule has 0 rings (SSSR count). The van der Waals surface area contributed by atoms with E-state index in [1.807, 2.05) is 13.0 Å². The number of nitrogens with zero attached hydrogens (tertiary/aromatic N) is 1. The zero-order chi connectivity index (χ0) is 10.7. The molecule has 2 nitrogen and oxygen atoms in total. The first-order valence-corrected chi connectivity index (χ1v) is 7.37. The van der Waals surface area contributed by atoms with Crippen molar-refractivity contribution in [2.45, 2.75) is 45.8 Å². The Morgan fingerprint density at radius 1 is 1.38 bits per heavy atom. The molecule has 13 heavy (non-hydrogen) atoms. The van der Waals surface area contributed by atoms with Gasteiger partial charge >= 0.3 is 0 Å². The zero-order valence-electron chi connectivity index (χ0n) is 9.43. The van der Waals surface area contributed by atoms with Gasteiger partial charge in [-0.1, -0.05) is 20.8 Å². The fourth-order valence-electron chi connectivity index (χ4n) is 0.676. The fraction of sp³-hybridized carbons (Fsp3) is 0.700. The molecule has 0 atom stereocenters. The lowest BCUT2D eigenvalue weighted by Crippen LogP contribution is -2.40. The quantitative estimate of drug-likeness (QED) is 0.386. The van der Waals surface area contributed by atoms with Crippen LogP contribution in [0.4, 0.5) is 0 Å². The largest absolute Gasteiger partial charge is 0.546 e. The maximum atomic E-state index is 8.45. The highest BCUT2D eigenvalue weighted by molar-refractivity contribution is 6.74. The van der Waals surface area contributed by atoms with Crippen LogP contribution in [0.3, 0.4) is 0 Å². The molecule has 0 aromatic carbocycles. The van der Waals surface area contributed by atoms with E-state index < -0.39 is 8.32 Å². The van der Waals surface area contributed by atoms with Gasteiger partial charge in [0.2, 0.25) is 8.32 Å². The molecule has 0 saturated heterocycles. The van der Waals surface area contributed by atoms with E-state index >= 15 is 0 Å². The third-order valence-corrected chi connectivity index (χ3v) is 6.93. The Morgan fingerprint density at radius 3 is 2.15 bits per heavy atom. The first-order valence-electron chi connectivity index (χ1n) is 4.46. The number of hydrogen-bond acceptors (Lipinski definition) is 2. The van der Waals surface area contributed by atoms with Crippen molar-refractivity contribution in [2.75, 3.05) is 0 Å². The molecule has 0 aliphatic rings. The average Bonchev–Trinajstić information content (AvgIpc) is 1.83. The summed E-state index contributed by atoms with van der Waals surface area (Å²) in [6, 6.07) is 1.98. The minimum absolute atomic E-state index is 0.192. The molecule has 74 valence electrons. The van der Waals surface area contributed by atoms with Crippen LogP contribution in [-0.2, 0) is 4.43 Å². The normalized spacial score (nSPS) is 13.8. The molecule has 0 aromatic rings. The Kier molecular flexibility index (Phi) is 3.74. The van der Waals surface area contributed by atoms with E-state index in [0.29, 0.717) is 0 Å². The van der Waals surface area contributed by atoms with E-state index in [-0.39, 0.29) is 5.04 Å². The summed E-state index contributed by atoms with van der Waals surface area (Å²) in [7, 11) is -1.72. The number of nitriles is 1. The van der Waals surface area contributed by atoms with Gasteiger partial charge in [-0.15, -0.1) is 0 Å². The maximum Gasteiger partial charge on any atom is 0.250 e. The molecular formula is C10H19NOSi. The lowest BCUT2D eigenvalue weighted by molar-refractivity contribution is 0.386. The van der Waals surface area contributed by atoms with E-state index in [1.54, 1.807) is 0 Å². The van der Waals surface area contributed by atoms with Crippen molar-refractivity contribution in [3.05, 3.63) is 11.8 Å². The average molecular weight is 197 g/mol. The Labute approximate surface area is 82.3 Å². The molecule has 0 aliphatic heterocycles. The smallest absolute Gasteiger partial charge is 0.250 e. The summed E-state index contributed by atoms with van der Waals surface area (Å²) in [6.45, 7) is 12.7. The second-order valence-corrected chi connectivity index (χ2v) is 9.47. The number of hydrogen-bond donors (Lipinski definition) is 0. The lowest BCUT2D eigenvalue weighted by atomic mass is 10.2. The van der Waals surface area contributed by atoms with Crippen LogP contribution >= 0.6 is 0 Å². The van der Waals surface area contributed by atoms with Gasteiger partial charge in [0.15, 0.2) is 0 Å². The van der Waals surface area contributed by atoms with E-state index in [1.165, 1.54) is 6.08 Å². The van der Waals surface area contributed by atoms with Crippen molar-refractivity contribution >= 4 is 8.32 Å². The molecule has 0 saturated carbocycles. The van der Waals surface area contributed by atoms with Crippen molar-refractivity contribution in [2.24, 2.45) is 0 Å². The molecule has 0 spiro atoms. The highest BCUT2D eigenvalue weighted by Crippen LogP contribution is 2.37. The van der Waals surface area contributed by atoms with Crippen molar-refractivity contribution in [1.82, 2.24) is 0 Å². The van der Waals surface area contributed by atoms with Crippen LogP contribution in [0.25, 0.3) is 0 Å². The summed E-state index contributed by atoms with van der Waals surface area (Å²) < 4.78 is 5.82. The molecule has 0 aliphatic carbocycles. The highest BCUT2D eigenvalue weighted by atomic mass is 28.4.